The van der Waals surface area contributed by atoms with Gasteiger partial charge in [-0.25, -0.2) is 0 Å². The van der Waals surface area contributed by atoms with E-state index in [0.29, 0.717) is 12.4 Å². The Morgan fingerprint density at radius 1 is 1.47 bits per heavy atom. The van der Waals surface area contributed by atoms with Gasteiger partial charge in [-0.3, -0.25) is 9.20 Å². The lowest BCUT2D eigenvalue weighted by Gasteiger charge is -2.11. The molecule has 0 unspecified atom stereocenters. The monoisotopic (exact) mass is 231 g/mol. The van der Waals surface area contributed by atoms with E-state index in [1.807, 2.05) is 35.7 Å². The fraction of sp³-hybridized carbons (Fsp3) is 0.417. The molecule has 0 amide bonds. The molecule has 2 heterocycles. The third-order valence-electron chi connectivity index (χ3n) is 3.16. The fourth-order valence-electron chi connectivity index (χ4n) is 2.08. The maximum absolute atomic E-state index is 12.0. The van der Waals surface area contributed by atoms with Gasteiger partial charge in [0.1, 0.15) is 5.41 Å². The number of carbonyl (C=O) groups excluding carboxylic acids is 1. The Labute approximate surface area is 98.4 Å². The lowest BCUT2D eigenvalue weighted by Crippen LogP contribution is -2.25. The van der Waals surface area contributed by atoms with Crippen LogP contribution in [0.15, 0.2) is 24.4 Å². The zero-order valence-electron chi connectivity index (χ0n) is 9.59. The zero-order valence-corrected chi connectivity index (χ0v) is 9.59. The van der Waals surface area contributed by atoms with Crippen molar-refractivity contribution in [2.24, 2.45) is 0 Å². The second kappa shape index (κ2) is 3.55. The van der Waals surface area contributed by atoms with Gasteiger partial charge in [0.15, 0.2) is 11.5 Å². The summed E-state index contributed by atoms with van der Waals surface area (Å²) in [5, 5.41) is 8.22. The summed E-state index contributed by atoms with van der Waals surface area (Å²) in [7, 11) is 0. The van der Waals surface area contributed by atoms with Crippen LogP contribution in [0.2, 0.25) is 0 Å². The molecule has 2 aromatic rings. The van der Waals surface area contributed by atoms with Crippen LogP contribution in [-0.4, -0.2) is 27.2 Å². The molecule has 1 aliphatic rings. The summed E-state index contributed by atoms with van der Waals surface area (Å²) < 4.78 is 6.99. The molecule has 1 saturated carbocycles. The summed E-state index contributed by atoms with van der Waals surface area (Å²) in [5.41, 5.74) is 0.203. The predicted octanol–water partition coefficient (Wildman–Crippen LogP) is 1.32. The summed E-state index contributed by atoms with van der Waals surface area (Å²) in [6.07, 6.45) is 3.47. The van der Waals surface area contributed by atoms with Gasteiger partial charge in [-0.2, -0.15) is 0 Å². The molecule has 0 atom stereocenters. The lowest BCUT2D eigenvalue weighted by molar-refractivity contribution is -0.146. The first kappa shape index (κ1) is 10.3. The molecule has 0 spiro atoms. The van der Waals surface area contributed by atoms with Gasteiger partial charge in [-0.05, 0) is 31.9 Å². The summed E-state index contributed by atoms with van der Waals surface area (Å²) in [5.74, 6) is 0.518. The largest absolute Gasteiger partial charge is 0.465 e. The minimum absolute atomic E-state index is 0.182. The van der Waals surface area contributed by atoms with E-state index in [0.717, 1.165) is 18.5 Å². The van der Waals surface area contributed by atoms with Crippen molar-refractivity contribution in [3.05, 3.63) is 30.2 Å². The van der Waals surface area contributed by atoms with Crippen molar-refractivity contribution >= 4 is 11.6 Å². The number of hydrogen-bond donors (Lipinski definition) is 0. The van der Waals surface area contributed by atoms with Crippen molar-refractivity contribution in [3.8, 4) is 0 Å². The van der Waals surface area contributed by atoms with Crippen LogP contribution in [-0.2, 0) is 14.9 Å². The van der Waals surface area contributed by atoms with Gasteiger partial charge >= 0.3 is 5.97 Å². The van der Waals surface area contributed by atoms with Crippen molar-refractivity contribution in [3.63, 3.8) is 0 Å². The standard InChI is InChI=1S/C12H13N3O2/c1-2-17-11(16)12(6-7-12)10-14-13-9-5-3-4-8-15(9)10/h3-5,8H,2,6-7H2,1H3. The quantitative estimate of drug-likeness (QED) is 0.748. The first-order valence-electron chi connectivity index (χ1n) is 5.75. The van der Waals surface area contributed by atoms with Crippen LogP contribution in [0.25, 0.3) is 5.65 Å². The number of rotatable bonds is 3. The first-order valence-corrected chi connectivity index (χ1v) is 5.75. The number of fused-ring (bicyclic) bond motifs is 1. The lowest BCUT2D eigenvalue weighted by atomic mass is 10.1. The molecule has 5 nitrogen and oxygen atoms in total. The number of aromatic nitrogens is 3. The Bertz CT molecular complexity index is 572. The molecule has 3 rings (SSSR count). The number of carbonyl (C=O) groups is 1. The van der Waals surface area contributed by atoms with Crippen LogP contribution in [0.4, 0.5) is 0 Å². The highest BCUT2D eigenvalue weighted by molar-refractivity contribution is 5.85. The van der Waals surface area contributed by atoms with E-state index < -0.39 is 5.41 Å². The Hall–Kier alpha value is -1.91. The molecule has 17 heavy (non-hydrogen) atoms. The molecule has 0 bridgehead atoms. The van der Waals surface area contributed by atoms with Gasteiger partial charge < -0.3 is 4.74 Å². The van der Waals surface area contributed by atoms with Gasteiger partial charge in [0.25, 0.3) is 0 Å². The van der Waals surface area contributed by atoms with Gasteiger partial charge in [0, 0.05) is 6.20 Å². The molecular weight excluding hydrogens is 218 g/mol. The highest BCUT2D eigenvalue weighted by Gasteiger charge is 2.56. The van der Waals surface area contributed by atoms with E-state index in [1.54, 1.807) is 0 Å². The number of ether oxygens (including phenoxy) is 1. The molecule has 1 fully saturated rings. The highest BCUT2D eigenvalue weighted by atomic mass is 16.5. The number of hydrogen-bond acceptors (Lipinski definition) is 4. The normalized spacial score (nSPS) is 17.0. The van der Waals surface area contributed by atoms with Crippen molar-refractivity contribution < 1.29 is 9.53 Å². The third kappa shape index (κ3) is 1.42. The molecule has 0 saturated heterocycles. The van der Waals surface area contributed by atoms with E-state index in [9.17, 15) is 4.79 Å². The zero-order chi connectivity index (χ0) is 11.9. The maximum atomic E-state index is 12.0. The molecular formula is C12H13N3O2. The summed E-state index contributed by atoms with van der Waals surface area (Å²) in [6, 6.07) is 5.68. The van der Waals surface area contributed by atoms with Crippen LogP contribution >= 0.6 is 0 Å². The topological polar surface area (TPSA) is 56.5 Å². The molecule has 0 aromatic carbocycles. The Balaban J connectivity index is 2.07. The molecule has 0 radical (unpaired) electrons. The smallest absolute Gasteiger partial charge is 0.319 e. The number of esters is 1. The van der Waals surface area contributed by atoms with Crippen molar-refractivity contribution in [1.82, 2.24) is 14.6 Å². The average molecular weight is 231 g/mol. The fourth-order valence-corrected chi connectivity index (χ4v) is 2.08. The SMILES string of the molecule is CCOC(=O)C1(c2nnc3ccccn23)CC1. The minimum atomic E-state index is -0.559. The highest BCUT2D eigenvalue weighted by Crippen LogP contribution is 2.48. The van der Waals surface area contributed by atoms with Crippen molar-refractivity contribution in [1.29, 1.82) is 0 Å². The second-order valence-electron chi connectivity index (χ2n) is 4.26. The average Bonchev–Trinajstić information content (AvgIpc) is 3.04. The van der Waals surface area contributed by atoms with E-state index in [1.165, 1.54) is 0 Å². The van der Waals surface area contributed by atoms with E-state index in [4.69, 9.17) is 4.74 Å². The Morgan fingerprint density at radius 3 is 3.00 bits per heavy atom. The van der Waals surface area contributed by atoms with Crippen LogP contribution in [0.1, 0.15) is 25.6 Å². The van der Waals surface area contributed by atoms with Crippen LogP contribution < -0.4 is 0 Å². The summed E-state index contributed by atoms with van der Waals surface area (Å²) in [6.45, 7) is 2.22. The van der Waals surface area contributed by atoms with Gasteiger partial charge in [-0.1, -0.05) is 6.07 Å². The Kier molecular flexibility index (Phi) is 2.14. The maximum Gasteiger partial charge on any atom is 0.319 e. The van der Waals surface area contributed by atoms with E-state index in [-0.39, 0.29) is 5.97 Å². The first-order chi connectivity index (χ1) is 8.28. The molecule has 5 heteroatoms. The molecule has 88 valence electrons. The molecule has 2 aromatic heterocycles. The van der Waals surface area contributed by atoms with Crippen LogP contribution in [0, 0.1) is 0 Å². The van der Waals surface area contributed by atoms with Gasteiger partial charge in [-0.15, -0.1) is 10.2 Å². The van der Waals surface area contributed by atoms with Gasteiger partial charge in [0.05, 0.1) is 6.61 Å². The number of nitrogens with zero attached hydrogens (tertiary/aromatic N) is 3. The van der Waals surface area contributed by atoms with Crippen LogP contribution in [0.3, 0.4) is 0 Å². The minimum Gasteiger partial charge on any atom is -0.465 e. The van der Waals surface area contributed by atoms with Gasteiger partial charge in [0.2, 0.25) is 0 Å². The van der Waals surface area contributed by atoms with E-state index >= 15 is 0 Å². The summed E-state index contributed by atoms with van der Waals surface area (Å²) >= 11 is 0. The molecule has 1 aliphatic carbocycles. The molecule has 0 aliphatic heterocycles. The van der Waals surface area contributed by atoms with Crippen molar-refractivity contribution in [2.75, 3.05) is 6.61 Å². The van der Waals surface area contributed by atoms with E-state index in [2.05, 4.69) is 10.2 Å². The molecule has 0 N–H and O–H groups in total. The van der Waals surface area contributed by atoms with Crippen molar-refractivity contribution in [2.45, 2.75) is 25.2 Å². The second-order valence-corrected chi connectivity index (χ2v) is 4.26. The number of pyridine rings is 1. The third-order valence-corrected chi connectivity index (χ3v) is 3.16. The Morgan fingerprint density at radius 2 is 2.29 bits per heavy atom. The summed E-state index contributed by atoms with van der Waals surface area (Å²) in [4.78, 5) is 12.0. The van der Waals surface area contributed by atoms with Crippen LogP contribution in [0.5, 0.6) is 0 Å². The predicted molar refractivity (Wildman–Crippen MR) is 60.5 cm³/mol.